The highest BCUT2D eigenvalue weighted by molar-refractivity contribution is 7.92. The van der Waals surface area contributed by atoms with Crippen LogP contribution in [0.4, 0.5) is 19.3 Å². The summed E-state index contributed by atoms with van der Waals surface area (Å²) in [5.74, 6) is -1.87. The zero-order chi connectivity index (χ0) is 41.6. The molecule has 0 saturated carbocycles. The highest BCUT2D eigenvalue weighted by Gasteiger charge is 2.43. The van der Waals surface area contributed by atoms with Crippen LogP contribution in [0.25, 0.3) is 56.0 Å². The van der Waals surface area contributed by atoms with E-state index in [1.165, 1.54) is 72.9 Å². The lowest BCUT2D eigenvalue weighted by Gasteiger charge is -2.46. The van der Waals surface area contributed by atoms with Crippen molar-refractivity contribution in [1.29, 1.82) is 0 Å². The van der Waals surface area contributed by atoms with Crippen molar-refractivity contribution in [3.8, 4) is 39.7 Å². The topological polar surface area (TPSA) is 174 Å². The molecular formula is C41H39F2N5O9S. The van der Waals surface area contributed by atoms with E-state index in [2.05, 4.69) is 15.6 Å². The second-order valence-electron chi connectivity index (χ2n) is 14.1. The molecule has 58 heavy (non-hydrogen) atoms. The third-order valence-corrected chi connectivity index (χ3v) is 11.2. The van der Waals surface area contributed by atoms with Crippen molar-refractivity contribution in [2.45, 2.75) is 25.9 Å². The van der Waals surface area contributed by atoms with E-state index in [9.17, 15) is 31.6 Å². The number of carbonyl (C=O) groups is 3. The summed E-state index contributed by atoms with van der Waals surface area (Å²) in [4.78, 5) is 45.1. The minimum atomic E-state index is -4.12. The van der Waals surface area contributed by atoms with Gasteiger partial charge in [0.15, 0.2) is 11.4 Å². The van der Waals surface area contributed by atoms with E-state index < -0.39 is 51.6 Å². The number of ether oxygens (including phenoxy) is 2. The number of anilines is 1. The predicted molar refractivity (Wildman–Crippen MR) is 212 cm³/mol. The number of hydrogen-bond donors (Lipinski definition) is 2. The number of rotatable bonds is 11. The Bertz CT molecular complexity index is 2690. The van der Waals surface area contributed by atoms with Gasteiger partial charge in [-0.25, -0.2) is 27.0 Å². The third kappa shape index (κ3) is 7.28. The molecule has 1 saturated heterocycles. The molecule has 302 valence electrons. The molecule has 6 aromatic rings. The minimum absolute atomic E-state index is 0.00262. The summed E-state index contributed by atoms with van der Waals surface area (Å²) in [5.41, 5.74) is 2.04. The Kier molecular flexibility index (Phi) is 10.6. The molecule has 14 nitrogen and oxygen atoms in total. The van der Waals surface area contributed by atoms with E-state index in [1.807, 2.05) is 0 Å². The van der Waals surface area contributed by atoms with Crippen LogP contribution in [-0.2, 0) is 19.6 Å². The Labute approximate surface area is 331 Å². The van der Waals surface area contributed by atoms with Crippen LogP contribution in [0.3, 0.4) is 0 Å². The van der Waals surface area contributed by atoms with Crippen molar-refractivity contribution < 1.29 is 49.9 Å². The van der Waals surface area contributed by atoms with E-state index >= 15 is 0 Å². The average Bonchev–Trinajstić information content (AvgIpc) is 3.79. The van der Waals surface area contributed by atoms with Crippen LogP contribution in [0.15, 0.2) is 81.6 Å². The lowest BCUT2D eigenvalue weighted by atomic mass is 9.95. The molecule has 1 aliphatic rings. The first kappa shape index (κ1) is 39.7. The fourth-order valence-corrected chi connectivity index (χ4v) is 8.28. The molecule has 0 unspecified atom stereocenters. The predicted octanol–water partition coefficient (Wildman–Crippen LogP) is 6.58. The number of furan rings is 1. The third-order valence-electron chi connectivity index (χ3n) is 9.97. The first-order valence-electron chi connectivity index (χ1n) is 18.1. The van der Waals surface area contributed by atoms with Gasteiger partial charge < -0.3 is 33.8 Å². The monoisotopic (exact) mass is 815 g/mol. The number of amides is 3. The van der Waals surface area contributed by atoms with Crippen LogP contribution < -0.4 is 19.7 Å². The van der Waals surface area contributed by atoms with E-state index in [0.717, 1.165) is 6.26 Å². The first-order chi connectivity index (χ1) is 27.6. The smallest absolute Gasteiger partial charge is 0.407 e. The van der Waals surface area contributed by atoms with Gasteiger partial charge in [0.1, 0.15) is 34.5 Å². The van der Waals surface area contributed by atoms with Crippen molar-refractivity contribution in [2.24, 2.45) is 5.92 Å². The summed E-state index contributed by atoms with van der Waals surface area (Å²) >= 11 is 0. The number of oxazole rings is 1. The number of nitrogens with zero attached hydrogens (tertiary/aromatic N) is 3. The van der Waals surface area contributed by atoms with Gasteiger partial charge in [0, 0.05) is 42.7 Å². The van der Waals surface area contributed by atoms with Crippen molar-refractivity contribution >= 4 is 55.7 Å². The number of hydrogen-bond acceptors (Lipinski definition) is 10. The second-order valence-corrected chi connectivity index (χ2v) is 16.0. The molecule has 0 radical (unpaired) electrons. The van der Waals surface area contributed by atoms with Gasteiger partial charge in [0.2, 0.25) is 21.8 Å². The van der Waals surface area contributed by atoms with Crippen LogP contribution >= 0.6 is 0 Å². The maximum absolute atomic E-state index is 14.7. The van der Waals surface area contributed by atoms with Gasteiger partial charge in [-0.3, -0.25) is 13.9 Å². The maximum atomic E-state index is 14.7. The number of nitrogens with one attached hydrogen (secondary N) is 2. The molecule has 0 bridgehead atoms. The molecule has 1 fully saturated rings. The summed E-state index contributed by atoms with van der Waals surface area (Å²) < 4.78 is 80.4. The Hall–Kier alpha value is -6.49. The van der Waals surface area contributed by atoms with Crippen molar-refractivity contribution in [3.63, 3.8) is 0 Å². The second kappa shape index (κ2) is 15.5. The van der Waals surface area contributed by atoms with Gasteiger partial charge in [0.25, 0.3) is 5.91 Å². The molecule has 2 N–H and O–H groups in total. The number of likely N-dealkylation sites (tertiary alicyclic amines) is 1. The molecule has 3 amide bonds. The van der Waals surface area contributed by atoms with Gasteiger partial charge >= 0.3 is 6.09 Å². The molecule has 3 heterocycles. The fraction of sp³-hybridized carbons (Fsp3) is 0.268. The number of para-hydroxylation sites is 1. The lowest BCUT2D eigenvalue weighted by Crippen LogP contribution is -2.66. The minimum Gasteiger partial charge on any atom is -0.496 e. The summed E-state index contributed by atoms with van der Waals surface area (Å²) in [5, 5.41) is 5.50. The normalized spacial score (nSPS) is 13.7. The highest BCUT2D eigenvalue weighted by Crippen LogP contribution is 2.45. The zero-order valence-corrected chi connectivity index (χ0v) is 33.1. The van der Waals surface area contributed by atoms with Crippen molar-refractivity contribution in [3.05, 3.63) is 90.0 Å². The van der Waals surface area contributed by atoms with E-state index in [0.29, 0.717) is 33.4 Å². The number of benzene rings is 4. The molecule has 7 rings (SSSR count). The largest absolute Gasteiger partial charge is 0.496 e. The van der Waals surface area contributed by atoms with Gasteiger partial charge in [-0.15, -0.1) is 0 Å². The first-order valence-corrected chi connectivity index (χ1v) is 19.9. The quantitative estimate of drug-likeness (QED) is 0.146. The summed E-state index contributed by atoms with van der Waals surface area (Å²) in [6.07, 6.45) is 0.256. The number of fused-ring (bicyclic) bond motifs is 2. The highest BCUT2D eigenvalue weighted by atomic mass is 32.2. The molecule has 0 spiro atoms. The molecular weight excluding hydrogens is 777 g/mol. The van der Waals surface area contributed by atoms with E-state index in [1.54, 1.807) is 44.2 Å². The van der Waals surface area contributed by atoms with E-state index in [4.69, 9.17) is 18.3 Å². The van der Waals surface area contributed by atoms with Gasteiger partial charge in [0.05, 0.1) is 43.3 Å². The van der Waals surface area contributed by atoms with Crippen LogP contribution in [0.5, 0.6) is 5.75 Å². The zero-order valence-electron chi connectivity index (χ0n) is 32.3. The number of halogens is 2. The van der Waals surface area contributed by atoms with Crippen LogP contribution in [0.2, 0.25) is 0 Å². The summed E-state index contributed by atoms with van der Waals surface area (Å²) in [7, 11) is -0.0416. The number of aromatic nitrogens is 1. The van der Waals surface area contributed by atoms with Gasteiger partial charge in [-0.1, -0.05) is 26.0 Å². The maximum Gasteiger partial charge on any atom is 0.407 e. The standard InChI is InChI=1S/C41H39F2N5O9S/c1-21(2)35(46-41(51)55-5)40(50)47-19-25(20-47)48(58(6,52)53)30-18-33-27(34(38(49)44-3)37(56-33)22-10-13-24(42)14-11-22)17-26(30)23-12-15-31(54-4)28(16-23)39-45-36-29(43)8-7-9-32(36)57-39/h7-18,21,25,35H,19-20H2,1-6H3,(H,44,49)(H,46,51)/t35-/m0/s1. The molecule has 4 aromatic carbocycles. The van der Waals surface area contributed by atoms with Crippen LogP contribution in [0, 0.1) is 17.6 Å². The van der Waals surface area contributed by atoms with Gasteiger partial charge in [-0.2, -0.15) is 0 Å². The number of carbonyl (C=O) groups excluding carboxylic acids is 3. The summed E-state index contributed by atoms with van der Waals surface area (Å²) in [6.45, 7) is 3.47. The number of sulfonamides is 1. The molecule has 1 atom stereocenters. The molecule has 1 aliphatic heterocycles. The Morgan fingerprint density at radius 1 is 0.931 bits per heavy atom. The Morgan fingerprint density at radius 3 is 2.26 bits per heavy atom. The molecule has 17 heteroatoms. The SMILES string of the molecule is CNC(=O)c1c(-c2ccc(F)cc2)oc2cc(N(C3CN(C(=O)[C@@H](NC(=O)OC)C(C)C)C3)S(C)(=O)=O)c(-c3ccc(OC)c(-c4nc5c(F)cccc5o4)c3)cc12. The Morgan fingerprint density at radius 2 is 1.64 bits per heavy atom. The van der Waals surface area contributed by atoms with Crippen LogP contribution in [0.1, 0.15) is 24.2 Å². The Balaban J connectivity index is 1.42. The van der Waals surface area contributed by atoms with Crippen molar-refractivity contribution in [1.82, 2.24) is 20.5 Å². The lowest BCUT2D eigenvalue weighted by molar-refractivity contribution is -0.138. The number of alkyl carbamates (subject to hydrolysis) is 1. The van der Waals surface area contributed by atoms with Crippen LogP contribution in [-0.4, -0.2) is 88.9 Å². The average molecular weight is 816 g/mol. The number of methoxy groups -OCH3 is 2. The van der Waals surface area contributed by atoms with Crippen molar-refractivity contribution in [2.75, 3.05) is 44.9 Å². The van der Waals surface area contributed by atoms with Gasteiger partial charge in [-0.05, 0) is 66.1 Å². The fourth-order valence-electron chi connectivity index (χ4n) is 7.10. The summed E-state index contributed by atoms with van der Waals surface area (Å²) in [6, 6.07) is 16.1. The van der Waals surface area contributed by atoms with E-state index in [-0.39, 0.29) is 58.6 Å². The molecule has 0 aliphatic carbocycles. The molecule has 2 aromatic heterocycles.